The quantitative estimate of drug-likeness (QED) is 0.645. The maximum absolute atomic E-state index is 12.2. The van der Waals surface area contributed by atoms with E-state index in [1.165, 1.54) is 19.3 Å². The summed E-state index contributed by atoms with van der Waals surface area (Å²) in [5.41, 5.74) is 1.76. The van der Waals surface area contributed by atoms with Gasteiger partial charge in [0.15, 0.2) is 0 Å². The molecule has 0 saturated carbocycles. The van der Waals surface area contributed by atoms with Crippen molar-refractivity contribution in [2.75, 3.05) is 26.2 Å². The number of hydrogen-bond donors (Lipinski definition) is 1. The van der Waals surface area contributed by atoms with Crippen LogP contribution in [-0.2, 0) is 14.9 Å². The zero-order chi connectivity index (χ0) is 15.3. The van der Waals surface area contributed by atoms with Crippen molar-refractivity contribution in [2.24, 2.45) is 0 Å². The van der Waals surface area contributed by atoms with E-state index in [2.05, 4.69) is 9.79 Å². The Balaban J connectivity index is 1.83. The lowest BCUT2D eigenvalue weighted by molar-refractivity contribution is 0.0656. The zero-order valence-corrected chi connectivity index (χ0v) is 13.6. The van der Waals surface area contributed by atoms with Gasteiger partial charge in [-0.2, -0.15) is 0 Å². The Morgan fingerprint density at radius 2 is 1.90 bits per heavy atom. The fourth-order valence-corrected chi connectivity index (χ4v) is 3.68. The van der Waals surface area contributed by atoms with Crippen LogP contribution in [0.5, 0.6) is 0 Å². The van der Waals surface area contributed by atoms with Crippen LogP contribution in [0.4, 0.5) is 0 Å². The van der Waals surface area contributed by atoms with Crippen LogP contribution in [0, 0.1) is 13.8 Å². The number of nitrogens with one attached hydrogen (secondary N) is 1. The lowest BCUT2D eigenvalue weighted by Gasteiger charge is -2.25. The molecule has 1 fully saturated rings. The molecule has 1 aliphatic heterocycles. The van der Waals surface area contributed by atoms with Crippen molar-refractivity contribution in [3.63, 3.8) is 0 Å². The molecule has 1 heterocycles. The van der Waals surface area contributed by atoms with Crippen molar-refractivity contribution < 1.29 is 13.3 Å². The highest BCUT2D eigenvalue weighted by atomic mass is 32.2. The number of sulfonamides is 1. The van der Waals surface area contributed by atoms with Crippen molar-refractivity contribution in [2.45, 2.75) is 38.0 Å². The van der Waals surface area contributed by atoms with E-state index < -0.39 is 10.0 Å². The highest BCUT2D eigenvalue weighted by Gasteiger charge is 2.17. The molecule has 6 heteroatoms. The Kier molecular flexibility index (Phi) is 5.75. The number of piperidine rings is 1. The molecule has 0 aliphatic carbocycles. The van der Waals surface area contributed by atoms with E-state index in [4.69, 9.17) is 4.84 Å². The second kappa shape index (κ2) is 7.35. The number of hydrogen-bond acceptors (Lipinski definition) is 4. The molecule has 1 saturated heterocycles. The molecule has 5 nitrogen and oxygen atoms in total. The maximum Gasteiger partial charge on any atom is 0.262 e. The number of nitrogens with zero attached hydrogens (tertiary/aromatic N) is 1. The van der Waals surface area contributed by atoms with E-state index in [0.29, 0.717) is 6.61 Å². The molecule has 0 unspecified atom stereocenters. The van der Waals surface area contributed by atoms with Gasteiger partial charge in [-0.05, 0) is 51.4 Å². The smallest absolute Gasteiger partial charge is 0.262 e. The SMILES string of the molecule is Cc1ccc(S(=O)(=O)NOCCN2CCCCC2)c(C)c1. The van der Waals surface area contributed by atoms with Crippen LogP contribution in [0.2, 0.25) is 0 Å². The first-order valence-corrected chi connectivity index (χ1v) is 8.90. The van der Waals surface area contributed by atoms with Gasteiger partial charge in [-0.1, -0.05) is 29.0 Å². The molecule has 0 aromatic heterocycles. The van der Waals surface area contributed by atoms with Crippen molar-refractivity contribution in [3.8, 4) is 0 Å². The van der Waals surface area contributed by atoms with Gasteiger partial charge >= 0.3 is 0 Å². The minimum absolute atomic E-state index is 0.270. The van der Waals surface area contributed by atoms with Crippen LogP contribution in [0.15, 0.2) is 23.1 Å². The summed E-state index contributed by atoms with van der Waals surface area (Å²) in [4.78, 5) is 9.95. The van der Waals surface area contributed by atoms with E-state index >= 15 is 0 Å². The molecule has 0 spiro atoms. The predicted octanol–water partition coefficient (Wildman–Crippen LogP) is 2.00. The van der Waals surface area contributed by atoms with Gasteiger partial charge in [0.05, 0.1) is 11.5 Å². The monoisotopic (exact) mass is 312 g/mol. The first kappa shape index (κ1) is 16.4. The molecule has 1 aromatic carbocycles. The Hall–Kier alpha value is -0.950. The summed E-state index contributed by atoms with van der Waals surface area (Å²) >= 11 is 0. The standard InChI is InChI=1S/C15H24N2O3S/c1-13-6-7-15(14(2)12-13)21(18,19)16-20-11-10-17-8-4-3-5-9-17/h6-7,12,16H,3-5,8-11H2,1-2H3. The van der Waals surface area contributed by atoms with E-state index in [1.54, 1.807) is 19.1 Å². The van der Waals surface area contributed by atoms with Gasteiger partial charge in [0, 0.05) is 6.54 Å². The van der Waals surface area contributed by atoms with Gasteiger partial charge in [0.1, 0.15) is 0 Å². The third-order valence-electron chi connectivity index (χ3n) is 3.75. The summed E-state index contributed by atoms with van der Waals surface area (Å²) in [5, 5.41) is 0. The first-order valence-electron chi connectivity index (χ1n) is 7.42. The number of likely N-dealkylation sites (tertiary alicyclic amines) is 1. The molecule has 1 aliphatic rings. The van der Waals surface area contributed by atoms with E-state index in [1.807, 2.05) is 13.0 Å². The van der Waals surface area contributed by atoms with Gasteiger partial charge < -0.3 is 4.90 Å². The molecule has 0 bridgehead atoms. The molecule has 118 valence electrons. The molecular formula is C15H24N2O3S. The van der Waals surface area contributed by atoms with E-state index in [9.17, 15) is 8.42 Å². The number of aryl methyl sites for hydroxylation is 2. The minimum atomic E-state index is -3.60. The summed E-state index contributed by atoms with van der Waals surface area (Å²) in [7, 11) is -3.60. The summed E-state index contributed by atoms with van der Waals surface area (Å²) in [5.74, 6) is 0. The predicted molar refractivity (Wildman–Crippen MR) is 82.5 cm³/mol. The van der Waals surface area contributed by atoms with Gasteiger partial charge in [0.2, 0.25) is 0 Å². The second-order valence-corrected chi connectivity index (χ2v) is 7.22. The van der Waals surface area contributed by atoms with Crippen molar-refractivity contribution in [1.29, 1.82) is 0 Å². The highest BCUT2D eigenvalue weighted by Crippen LogP contribution is 2.16. The van der Waals surface area contributed by atoms with Crippen molar-refractivity contribution >= 4 is 10.0 Å². The molecule has 1 aromatic rings. The minimum Gasteiger partial charge on any atom is -0.301 e. The summed E-state index contributed by atoms with van der Waals surface area (Å²) in [6, 6.07) is 5.25. The molecule has 0 radical (unpaired) electrons. The third kappa shape index (κ3) is 4.78. The van der Waals surface area contributed by atoms with Crippen LogP contribution in [0.25, 0.3) is 0 Å². The summed E-state index contributed by atoms with van der Waals surface area (Å²) in [6.45, 7) is 7.00. The summed E-state index contributed by atoms with van der Waals surface area (Å²) in [6.07, 6.45) is 3.72. The van der Waals surface area contributed by atoms with E-state index in [0.717, 1.165) is 30.8 Å². The fraction of sp³-hybridized carbons (Fsp3) is 0.600. The molecular weight excluding hydrogens is 288 g/mol. The lowest BCUT2D eigenvalue weighted by Crippen LogP contribution is -2.35. The summed E-state index contributed by atoms with van der Waals surface area (Å²) < 4.78 is 24.3. The van der Waals surface area contributed by atoms with Crippen molar-refractivity contribution in [3.05, 3.63) is 29.3 Å². The van der Waals surface area contributed by atoms with Crippen LogP contribution < -0.4 is 4.89 Å². The molecule has 0 atom stereocenters. The van der Waals surface area contributed by atoms with Gasteiger partial charge in [-0.3, -0.25) is 4.84 Å². The van der Waals surface area contributed by atoms with Gasteiger partial charge in [-0.15, -0.1) is 0 Å². The largest absolute Gasteiger partial charge is 0.301 e. The first-order chi connectivity index (χ1) is 9.99. The molecule has 1 N–H and O–H groups in total. The number of rotatable bonds is 6. The Labute approximate surface area is 127 Å². The van der Waals surface area contributed by atoms with Crippen LogP contribution in [0.3, 0.4) is 0 Å². The lowest BCUT2D eigenvalue weighted by atomic mass is 10.1. The van der Waals surface area contributed by atoms with Gasteiger partial charge in [0.25, 0.3) is 10.0 Å². The Morgan fingerprint density at radius 1 is 1.19 bits per heavy atom. The zero-order valence-electron chi connectivity index (χ0n) is 12.8. The average Bonchev–Trinajstić information content (AvgIpc) is 2.44. The fourth-order valence-electron chi connectivity index (χ4n) is 2.62. The van der Waals surface area contributed by atoms with E-state index in [-0.39, 0.29) is 4.90 Å². The second-order valence-electron chi connectivity index (χ2n) is 5.61. The number of benzene rings is 1. The average molecular weight is 312 g/mol. The highest BCUT2D eigenvalue weighted by molar-refractivity contribution is 7.89. The molecule has 2 rings (SSSR count). The van der Waals surface area contributed by atoms with Crippen LogP contribution in [-0.4, -0.2) is 39.6 Å². The Bertz CT molecular complexity index is 566. The van der Waals surface area contributed by atoms with Gasteiger partial charge in [-0.25, -0.2) is 8.42 Å². The third-order valence-corrected chi connectivity index (χ3v) is 5.12. The van der Waals surface area contributed by atoms with Crippen molar-refractivity contribution in [1.82, 2.24) is 9.79 Å². The molecule has 0 amide bonds. The Morgan fingerprint density at radius 3 is 2.57 bits per heavy atom. The normalized spacial score (nSPS) is 17.0. The maximum atomic E-state index is 12.2. The molecule has 21 heavy (non-hydrogen) atoms. The van der Waals surface area contributed by atoms with Crippen LogP contribution >= 0.6 is 0 Å². The topological polar surface area (TPSA) is 58.6 Å². The van der Waals surface area contributed by atoms with Crippen LogP contribution in [0.1, 0.15) is 30.4 Å².